The van der Waals surface area contributed by atoms with Crippen LogP contribution in [0.15, 0.2) is 23.2 Å². The van der Waals surface area contributed by atoms with Crippen molar-refractivity contribution in [3.63, 3.8) is 0 Å². The fourth-order valence-electron chi connectivity index (χ4n) is 3.27. The molecule has 0 aliphatic heterocycles. The Balaban J connectivity index is 2.15. The van der Waals surface area contributed by atoms with Crippen LogP contribution in [0.25, 0.3) is 28.3 Å². The summed E-state index contributed by atoms with van der Waals surface area (Å²) in [6, 6.07) is 3.79. The first-order valence-corrected chi connectivity index (χ1v) is 10.3. The lowest BCUT2D eigenvalue weighted by Crippen LogP contribution is -2.07. The number of hydrogen-bond acceptors (Lipinski definition) is 6. The summed E-state index contributed by atoms with van der Waals surface area (Å²) in [6.45, 7) is 7.27. The molecule has 0 radical (unpaired) electrons. The van der Waals surface area contributed by atoms with E-state index < -0.39 is 9.84 Å². The minimum atomic E-state index is -3.58. The first-order valence-electron chi connectivity index (χ1n) is 8.62. The number of nitrogens with zero attached hydrogens (tertiary/aromatic N) is 6. The van der Waals surface area contributed by atoms with Crippen molar-refractivity contribution >= 4 is 26.6 Å². The van der Waals surface area contributed by atoms with Gasteiger partial charge >= 0.3 is 0 Å². The van der Waals surface area contributed by atoms with Gasteiger partial charge in [0.1, 0.15) is 16.1 Å². The van der Waals surface area contributed by atoms with Crippen LogP contribution in [-0.2, 0) is 16.9 Å². The van der Waals surface area contributed by atoms with Gasteiger partial charge in [0.25, 0.3) is 0 Å². The van der Waals surface area contributed by atoms with E-state index >= 15 is 0 Å². The van der Waals surface area contributed by atoms with Crippen molar-refractivity contribution < 1.29 is 8.42 Å². The number of rotatable bonds is 3. The van der Waals surface area contributed by atoms with E-state index in [-0.39, 0.29) is 10.6 Å². The SMILES string of the molecule is CCS(=O)(=O)c1c(-c2nc3cc(C)cnc3n2C)nn2c(C)cc(C)nc12. The van der Waals surface area contributed by atoms with Crippen molar-refractivity contribution in [2.24, 2.45) is 7.05 Å². The topological polar surface area (TPSA) is 95.0 Å². The maximum Gasteiger partial charge on any atom is 0.184 e. The van der Waals surface area contributed by atoms with Crippen LogP contribution in [0.5, 0.6) is 0 Å². The zero-order valence-corrected chi connectivity index (χ0v) is 16.7. The van der Waals surface area contributed by atoms with Crippen molar-refractivity contribution in [3.05, 3.63) is 35.3 Å². The molecule has 140 valence electrons. The van der Waals surface area contributed by atoms with Crippen LogP contribution in [0.3, 0.4) is 0 Å². The second-order valence-corrected chi connectivity index (χ2v) is 8.92. The van der Waals surface area contributed by atoms with Crippen LogP contribution < -0.4 is 0 Å². The predicted molar refractivity (Wildman–Crippen MR) is 102 cm³/mol. The molecule has 0 saturated heterocycles. The van der Waals surface area contributed by atoms with E-state index in [1.54, 1.807) is 22.2 Å². The Morgan fingerprint density at radius 2 is 1.81 bits per heavy atom. The molecule has 0 bridgehead atoms. The Kier molecular flexibility index (Phi) is 3.81. The zero-order chi connectivity index (χ0) is 19.5. The van der Waals surface area contributed by atoms with Gasteiger partial charge in [0.15, 0.2) is 27.0 Å². The maximum atomic E-state index is 12.9. The van der Waals surface area contributed by atoms with E-state index in [4.69, 9.17) is 0 Å². The standard InChI is InChI=1S/C18H20N6O2S/c1-6-27(25,26)15-14(22-24-12(4)8-11(3)20-18(15)24)17-21-13-7-10(2)9-19-16(13)23(17)5/h7-9H,6H2,1-5H3. The Bertz CT molecular complexity index is 1320. The van der Waals surface area contributed by atoms with E-state index in [1.807, 2.05) is 40.0 Å². The largest absolute Gasteiger partial charge is 0.310 e. The first kappa shape index (κ1) is 17.6. The highest BCUT2D eigenvalue weighted by atomic mass is 32.2. The van der Waals surface area contributed by atoms with Crippen LogP contribution in [0.2, 0.25) is 0 Å². The normalized spacial score (nSPS) is 12.3. The molecular formula is C18H20N6O2S. The third-order valence-corrected chi connectivity index (χ3v) is 6.36. The molecular weight excluding hydrogens is 364 g/mol. The Morgan fingerprint density at radius 1 is 1.07 bits per heavy atom. The predicted octanol–water partition coefficient (Wildman–Crippen LogP) is 2.40. The quantitative estimate of drug-likeness (QED) is 0.538. The molecule has 0 unspecified atom stereocenters. The number of fused-ring (bicyclic) bond motifs is 2. The molecule has 8 nitrogen and oxygen atoms in total. The zero-order valence-electron chi connectivity index (χ0n) is 15.8. The van der Waals surface area contributed by atoms with Crippen molar-refractivity contribution in [1.82, 2.24) is 29.1 Å². The highest BCUT2D eigenvalue weighted by molar-refractivity contribution is 7.91. The van der Waals surface area contributed by atoms with Gasteiger partial charge in [0.2, 0.25) is 0 Å². The van der Waals surface area contributed by atoms with Gasteiger partial charge in [-0.05, 0) is 38.5 Å². The molecule has 0 spiro atoms. The van der Waals surface area contributed by atoms with Crippen LogP contribution >= 0.6 is 0 Å². The second kappa shape index (κ2) is 5.85. The smallest absolute Gasteiger partial charge is 0.184 e. The third-order valence-electron chi connectivity index (χ3n) is 4.60. The van der Waals surface area contributed by atoms with Crippen molar-refractivity contribution in [3.8, 4) is 11.5 Å². The summed E-state index contributed by atoms with van der Waals surface area (Å²) in [5.74, 6) is 0.412. The van der Waals surface area contributed by atoms with E-state index in [2.05, 4.69) is 20.1 Å². The Labute approximate surface area is 156 Å². The van der Waals surface area contributed by atoms with Crippen LogP contribution in [0.1, 0.15) is 23.9 Å². The molecule has 4 heterocycles. The van der Waals surface area contributed by atoms with Crippen LogP contribution in [0.4, 0.5) is 0 Å². The number of aryl methyl sites for hydroxylation is 4. The molecule has 0 fully saturated rings. The van der Waals surface area contributed by atoms with Crippen LogP contribution in [-0.4, -0.2) is 43.3 Å². The number of aromatic nitrogens is 6. The molecule has 0 aliphatic rings. The molecule has 4 aromatic rings. The molecule has 4 aromatic heterocycles. The molecule has 27 heavy (non-hydrogen) atoms. The van der Waals surface area contributed by atoms with E-state index in [9.17, 15) is 8.42 Å². The summed E-state index contributed by atoms with van der Waals surface area (Å²) < 4.78 is 29.2. The Hall–Kier alpha value is -2.81. The summed E-state index contributed by atoms with van der Waals surface area (Å²) >= 11 is 0. The molecule has 9 heteroatoms. The lowest BCUT2D eigenvalue weighted by Gasteiger charge is -2.04. The van der Waals surface area contributed by atoms with Crippen molar-refractivity contribution in [2.75, 3.05) is 5.75 Å². The van der Waals surface area contributed by atoms with Crippen molar-refractivity contribution in [2.45, 2.75) is 32.6 Å². The van der Waals surface area contributed by atoms with Gasteiger partial charge in [0.05, 0.1) is 5.75 Å². The summed E-state index contributed by atoms with van der Waals surface area (Å²) in [7, 11) is -1.77. The van der Waals surface area contributed by atoms with Gasteiger partial charge < -0.3 is 4.57 Å². The van der Waals surface area contributed by atoms with Gasteiger partial charge in [-0.2, -0.15) is 5.10 Å². The minimum absolute atomic E-state index is 0.0443. The van der Waals surface area contributed by atoms with Gasteiger partial charge in [-0.25, -0.2) is 27.9 Å². The number of imidazole rings is 1. The Morgan fingerprint density at radius 3 is 2.52 bits per heavy atom. The summed E-state index contributed by atoms with van der Waals surface area (Å²) in [5, 5.41) is 4.58. The van der Waals surface area contributed by atoms with Crippen molar-refractivity contribution in [1.29, 1.82) is 0 Å². The van der Waals surface area contributed by atoms with Gasteiger partial charge in [0, 0.05) is 24.6 Å². The summed E-state index contributed by atoms with van der Waals surface area (Å²) in [5.41, 5.74) is 4.54. The molecule has 0 saturated carbocycles. The highest BCUT2D eigenvalue weighted by Gasteiger charge is 2.29. The fraction of sp³-hybridized carbons (Fsp3) is 0.333. The highest BCUT2D eigenvalue weighted by Crippen LogP contribution is 2.32. The number of hydrogen-bond donors (Lipinski definition) is 0. The molecule has 0 atom stereocenters. The lowest BCUT2D eigenvalue weighted by molar-refractivity contribution is 0.598. The number of pyridine rings is 1. The van der Waals surface area contributed by atoms with E-state index in [0.29, 0.717) is 28.3 Å². The third kappa shape index (κ3) is 2.61. The van der Waals surface area contributed by atoms with E-state index in [0.717, 1.165) is 17.0 Å². The lowest BCUT2D eigenvalue weighted by atomic mass is 10.3. The molecule has 0 N–H and O–H groups in total. The van der Waals surface area contributed by atoms with Gasteiger partial charge in [-0.3, -0.25) is 0 Å². The van der Waals surface area contributed by atoms with Crippen LogP contribution in [0, 0.1) is 20.8 Å². The van der Waals surface area contributed by atoms with Gasteiger partial charge in [-0.1, -0.05) is 6.92 Å². The number of sulfone groups is 1. The first-order chi connectivity index (χ1) is 12.7. The fourth-order valence-corrected chi connectivity index (χ4v) is 4.39. The summed E-state index contributed by atoms with van der Waals surface area (Å²) in [4.78, 5) is 13.6. The molecule has 0 aliphatic carbocycles. The minimum Gasteiger partial charge on any atom is -0.310 e. The maximum absolute atomic E-state index is 12.9. The monoisotopic (exact) mass is 384 g/mol. The average molecular weight is 384 g/mol. The molecule has 0 aromatic carbocycles. The second-order valence-electron chi connectivity index (χ2n) is 6.71. The molecule has 4 rings (SSSR count). The van der Waals surface area contributed by atoms with E-state index in [1.165, 1.54) is 0 Å². The average Bonchev–Trinajstić information content (AvgIpc) is 3.13. The molecule has 0 amide bonds. The summed E-state index contributed by atoms with van der Waals surface area (Å²) in [6.07, 6.45) is 1.76. The van der Waals surface area contributed by atoms with Gasteiger partial charge in [-0.15, -0.1) is 0 Å².